The molecule has 9 heavy (non-hydrogen) atoms. The second kappa shape index (κ2) is 2.13. The summed E-state index contributed by atoms with van der Waals surface area (Å²) in [6.45, 7) is 1.72. The summed E-state index contributed by atoms with van der Waals surface area (Å²) in [5, 5.41) is 5.24. The van der Waals surface area contributed by atoms with Gasteiger partial charge in [0.05, 0.1) is 5.69 Å². The minimum Gasteiger partial charge on any atom is -0.277 e. The van der Waals surface area contributed by atoms with Gasteiger partial charge in [0.2, 0.25) is 0 Å². The van der Waals surface area contributed by atoms with Crippen LogP contribution in [0.4, 0.5) is 8.78 Å². The average Bonchev–Trinajstić information content (AvgIpc) is 2.15. The number of aromatic amines is 1. The third-order valence-corrected chi connectivity index (χ3v) is 1.09. The number of hydrogen-bond donors (Lipinski definition) is 1. The zero-order valence-electron chi connectivity index (χ0n) is 4.91. The van der Waals surface area contributed by atoms with Gasteiger partial charge in [0.1, 0.15) is 0 Å². The number of H-pyrrole nitrogens is 1. The molecule has 0 aliphatic rings. The minimum atomic E-state index is -1.05. The Balaban J connectivity index is 3.04. The SMILES string of the molecule is CCc1[nH]nc(F)c1F. The summed E-state index contributed by atoms with van der Waals surface area (Å²) in [7, 11) is 0. The fourth-order valence-corrected chi connectivity index (χ4v) is 0.573. The molecular formula is C5H6F2N2. The predicted octanol–water partition coefficient (Wildman–Crippen LogP) is 1.25. The Morgan fingerprint density at radius 2 is 2.22 bits per heavy atom. The smallest absolute Gasteiger partial charge is 0.268 e. The van der Waals surface area contributed by atoms with Crippen LogP contribution in [0.5, 0.6) is 0 Å². The van der Waals surface area contributed by atoms with Gasteiger partial charge >= 0.3 is 0 Å². The van der Waals surface area contributed by atoms with E-state index in [1.807, 2.05) is 0 Å². The summed E-state index contributed by atoms with van der Waals surface area (Å²) in [5.74, 6) is -1.91. The van der Waals surface area contributed by atoms with E-state index in [9.17, 15) is 8.78 Å². The van der Waals surface area contributed by atoms with Crippen molar-refractivity contribution >= 4 is 0 Å². The number of rotatable bonds is 1. The third kappa shape index (κ3) is 0.918. The van der Waals surface area contributed by atoms with E-state index in [-0.39, 0.29) is 5.69 Å². The quantitative estimate of drug-likeness (QED) is 0.612. The van der Waals surface area contributed by atoms with Crippen molar-refractivity contribution < 1.29 is 8.78 Å². The van der Waals surface area contributed by atoms with Crippen molar-refractivity contribution in [2.45, 2.75) is 13.3 Å². The van der Waals surface area contributed by atoms with Gasteiger partial charge in [0.25, 0.3) is 5.95 Å². The zero-order valence-corrected chi connectivity index (χ0v) is 4.91. The van der Waals surface area contributed by atoms with Crippen LogP contribution in [0.15, 0.2) is 0 Å². The maximum atomic E-state index is 12.3. The topological polar surface area (TPSA) is 28.7 Å². The molecule has 1 N–H and O–H groups in total. The van der Waals surface area contributed by atoms with Crippen molar-refractivity contribution in [3.05, 3.63) is 17.5 Å². The van der Waals surface area contributed by atoms with Gasteiger partial charge in [-0.1, -0.05) is 6.92 Å². The Hall–Kier alpha value is -0.930. The maximum absolute atomic E-state index is 12.3. The minimum absolute atomic E-state index is 0.215. The summed E-state index contributed by atoms with van der Waals surface area (Å²) in [5.41, 5.74) is 0.215. The molecule has 1 rings (SSSR count). The second-order valence-corrected chi connectivity index (χ2v) is 1.66. The summed E-state index contributed by atoms with van der Waals surface area (Å²) >= 11 is 0. The molecule has 2 nitrogen and oxygen atoms in total. The van der Waals surface area contributed by atoms with E-state index in [2.05, 4.69) is 10.2 Å². The van der Waals surface area contributed by atoms with Crippen molar-refractivity contribution in [1.29, 1.82) is 0 Å². The lowest BCUT2D eigenvalue weighted by Crippen LogP contribution is -1.83. The van der Waals surface area contributed by atoms with Gasteiger partial charge in [-0.3, -0.25) is 5.10 Å². The third-order valence-electron chi connectivity index (χ3n) is 1.09. The first-order valence-corrected chi connectivity index (χ1v) is 2.64. The maximum Gasteiger partial charge on any atom is 0.268 e. The lowest BCUT2D eigenvalue weighted by molar-refractivity contribution is 0.487. The summed E-state index contributed by atoms with van der Waals surface area (Å²) in [6.07, 6.45) is 0.433. The standard InChI is InChI=1S/C5H6F2N2/c1-2-3-4(6)5(7)9-8-3/h2H2,1H3,(H,8,9). The number of halogens is 2. The van der Waals surface area contributed by atoms with Crippen molar-refractivity contribution in [3.63, 3.8) is 0 Å². The van der Waals surface area contributed by atoms with Crippen LogP contribution in [0.1, 0.15) is 12.6 Å². The zero-order chi connectivity index (χ0) is 6.85. The van der Waals surface area contributed by atoms with Crippen LogP contribution >= 0.6 is 0 Å². The van der Waals surface area contributed by atoms with Crippen molar-refractivity contribution in [2.75, 3.05) is 0 Å². The Labute approximate surface area is 50.9 Å². The largest absolute Gasteiger partial charge is 0.277 e. The fraction of sp³-hybridized carbons (Fsp3) is 0.400. The first-order valence-electron chi connectivity index (χ1n) is 2.64. The van der Waals surface area contributed by atoms with E-state index < -0.39 is 11.8 Å². The van der Waals surface area contributed by atoms with E-state index >= 15 is 0 Å². The lowest BCUT2D eigenvalue weighted by atomic mass is 10.3. The Bertz CT molecular complexity index is 207. The predicted molar refractivity (Wildman–Crippen MR) is 27.9 cm³/mol. The van der Waals surface area contributed by atoms with Gasteiger partial charge in [-0.15, -0.1) is 5.10 Å². The Kier molecular flexibility index (Phi) is 1.46. The molecule has 1 aromatic heterocycles. The summed E-state index contributed by atoms with van der Waals surface area (Å²) in [4.78, 5) is 0. The van der Waals surface area contributed by atoms with E-state index in [0.29, 0.717) is 6.42 Å². The molecule has 1 heterocycles. The van der Waals surface area contributed by atoms with Gasteiger partial charge in [0, 0.05) is 0 Å². The molecule has 1 aromatic rings. The van der Waals surface area contributed by atoms with Gasteiger partial charge in [0.15, 0.2) is 5.82 Å². The van der Waals surface area contributed by atoms with E-state index in [0.717, 1.165) is 0 Å². The van der Waals surface area contributed by atoms with Crippen molar-refractivity contribution in [2.24, 2.45) is 0 Å². The first-order chi connectivity index (χ1) is 4.25. The molecule has 0 aliphatic heterocycles. The van der Waals surface area contributed by atoms with Gasteiger partial charge in [-0.2, -0.15) is 8.78 Å². The summed E-state index contributed by atoms with van der Waals surface area (Å²) < 4.78 is 24.3. The molecule has 0 aromatic carbocycles. The van der Waals surface area contributed by atoms with Crippen LogP contribution in [0.25, 0.3) is 0 Å². The van der Waals surface area contributed by atoms with Crippen LogP contribution in [-0.4, -0.2) is 10.2 Å². The molecule has 0 aliphatic carbocycles. The van der Waals surface area contributed by atoms with Crippen LogP contribution < -0.4 is 0 Å². The number of aromatic nitrogens is 2. The Morgan fingerprint density at radius 3 is 2.44 bits per heavy atom. The van der Waals surface area contributed by atoms with E-state index in [1.54, 1.807) is 6.92 Å². The summed E-state index contributed by atoms with van der Waals surface area (Å²) in [6, 6.07) is 0. The molecule has 0 fully saturated rings. The highest BCUT2D eigenvalue weighted by Gasteiger charge is 2.08. The number of nitrogens with one attached hydrogen (secondary N) is 1. The molecule has 0 bridgehead atoms. The Morgan fingerprint density at radius 1 is 1.56 bits per heavy atom. The molecular weight excluding hydrogens is 126 g/mol. The number of aryl methyl sites for hydroxylation is 1. The fourth-order valence-electron chi connectivity index (χ4n) is 0.573. The highest BCUT2D eigenvalue weighted by Crippen LogP contribution is 2.06. The monoisotopic (exact) mass is 132 g/mol. The van der Waals surface area contributed by atoms with Crippen LogP contribution in [-0.2, 0) is 6.42 Å². The molecule has 0 radical (unpaired) electrons. The molecule has 0 atom stereocenters. The van der Waals surface area contributed by atoms with Crippen molar-refractivity contribution in [3.8, 4) is 0 Å². The number of hydrogen-bond acceptors (Lipinski definition) is 1. The van der Waals surface area contributed by atoms with Crippen LogP contribution in [0.2, 0.25) is 0 Å². The molecule has 0 unspecified atom stereocenters. The van der Waals surface area contributed by atoms with E-state index in [1.165, 1.54) is 0 Å². The van der Waals surface area contributed by atoms with Crippen LogP contribution in [0.3, 0.4) is 0 Å². The highest BCUT2D eigenvalue weighted by molar-refractivity contribution is 5.02. The van der Waals surface area contributed by atoms with Crippen molar-refractivity contribution in [1.82, 2.24) is 10.2 Å². The molecule has 0 spiro atoms. The van der Waals surface area contributed by atoms with Gasteiger partial charge < -0.3 is 0 Å². The van der Waals surface area contributed by atoms with E-state index in [4.69, 9.17) is 0 Å². The number of nitrogens with zero attached hydrogens (tertiary/aromatic N) is 1. The average molecular weight is 132 g/mol. The van der Waals surface area contributed by atoms with Crippen LogP contribution in [0, 0.1) is 11.8 Å². The van der Waals surface area contributed by atoms with Gasteiger partial charge in [-0.05, 0) is 6.42 Å². The molecule has 4 heteroatoms. The molecule has 0 saturated heterocycles. The first kappa shape index (κ1) is 6.19. The van der Waals surface area contributed by atoms with Gasteiger partial charge in [-0.25, -0.2) is 0 Å². The second-order valence-electron chi connectivity index (χ2n) is 1.66. The molecule has 0 amide bonds. The molecule has 50 valence electrons. The lowest BCUT2D eigenvalue weighted by Gasteiger charge is -1.83. The highest BCUT2D eigenvalue weighted by atomic mass is 19.2. The normalized spacial score (nSPS) is 10.1. The molecule has 0 saturated carbocycles.